The molecule has 0 bridgehead atoms. The summed E-state index contributed by atoms with van der Waals surface area (Å²) in [5, 5.41) is 3.20. The molecule has 2 amide bonds. The maximum absolute atomic E-state index is 11.8. The highest BCUT2D eigenvalue weighted by Gasteiger charge is 2.36. The lowest BCUT2D eigenvalue weighted by Crippen LogP contribution is -2.39. The summed E-state index contributed by atoms with van der Waals surface area (Å²) in [6.07, 6.45) is 7.28. The van der Waals surface area contributed by atoms with E-state index in [1.54, 1.807) is 0 Å². The fraction of sp³-hybridized carbons (Fsp3) is 0.692. The number of likely N-dealkylation sites (tertiary alicyclic amines) is 1. The predicted molar refractivity (Wildman–Crippen MR) is 65.4 cm³/mol. The highest BCUT2D eigenvalue weighted by molar-refractivity contribution is 6.05. The normalized spacial score (nSPS) is 24.6. The number of rotatable bonds is 5. The second kappa shape index (κ2) is 5.45. The fourth-order valence-electron chi connectivity index (χ4n) is 2.55. The Morgan fingerprint density at radius 3 is 2.88 bits per heavy atom. The molecule has 1 heterocycles. The van der Waals surface area contributed by atoms with Gasteiger partial charge in [-0.2, -0.15) is 0 Å². The van der Waals surface area contributed by atoms with Crippen LogP contribution in [-0.2, 0) is 9.59 Å². The molecule has 4 nitrogen and oxygen atoms in total. The van der Waals surface area contributed by atoms with Gasteiger partial charge in [0.05, 0.1) is 12.5 Å². The zero-order valence-corrected chi connectivity index (χ0v) is 10.4. The number of allylic oxidation sites excluding steroid dienone is 1. The molecule has 0 aromatic carbocycles. The summed E-state index contributed by atoms with van der Waals surface area (Å²) in [4.78, 5) is 24.6. The Hall–Kier alpha value is -1.16. The summed E-state index contributed by atoms with van der Waals surface area (Å²) in [6, 6.07) is -0.288. The molecule has 0 saturated carbocycles. The third-order valence-electron chi connectivity index (χ3n) is 3.53. The second-order valence-electron chi connectivity index (χ2n) is 4.69. The van der Waals surface area contributed by atoms with E-state index in [1.165, 1.54) is 29.7 Å². The first-order valence-corrected chi connectivity index (χ1v) is 6.48. The standard InChI is InChI=1S/C13H20N2O2/c1-2-15-12(16)9-11(13(15)17)14-8-7-10-5-3-4-6-10/h5,11,14H,2-4,6-9H2,1H3. The average Bonchev–Trinajstić information content (AvgIpc) is 2.89. The number of likely N-dealkylation sites (N-methyl/N-ethyl adjacent to an activating group) is 1. The van der Waals surface area contributed by atoms with Gasteiger partial charge in [0.25, 0.3) is 0 Å². The molecule has 94 valence electrons. The molecule has 1 aliphatic carbocycles. The van der Waals surface area contributed by atoms with Gasteiger partial charge in [0.1, 0.15) is 0 Å². The topological polar surface area (TPSA) is 49.4 Å². The van der Waals surface area contributed by atoms with Crippen molar-refractivity contribution in [2.45, 2.75) is 45.1 Å². The van der Waals surface area contributed by atoms with Crippen LogP contribution in [0.1, 0.15) is 39.0 Å². The first-order valence-electron chi connectivity index (χ1n) is 6.48. The lowest BCUT2D eigenvalue weighted by molar-refractivity contribution is -0.138. The first kappa shape index (κ1) is 12.3. The van der Waals surface area contributed by atoms with Crippen molar-refractivity contribution in [1.29, 1.82) is 0 Å². The molecule has 1 aliphatic heterocycles. The molecule has 1 unspecified atom stereocenters. The zero-order valence-electron chi connectivity index (χ0n) is 10.4. The first-order chi connectivity index (χ1) is 8.22. The van der Waals surface area contributed by atoms with Gasteiger partial charge in [0.15, 0.2) is 0 Å². The molecule has 0 spiro atoms. The molecule has 0 aromatic rings. The van der Waals surface area contributed by atoms with E-state index >= 15 is 0 Å². The van der Waals surface area contributed by atoms with E-state index in [0.29, 0.717) is 13.0 Å². The SMILES string of the molecule is CCN1C(=O)CC(NCCC2=CCCC2)C1=O. The molecule has 1 saturated heterocycles. The van der Waals surface area contributed by atoms with E-state index in [-0.39, 0.29) is 17.9 Å². The van der Waals surface area contributed by atoms with Crippen LogP contribution in [0.3, 0.4) is 0 Å². The lowest BCUT2D eigenvalue weighted by Gasteiger charge is -2.13. The Morgan fingerprint density at radius 1 is 1.47 bits per heavy atom. The van der Waals surface area contributed by atoms with E-state index in [1.807, 2.05) is 6.92 Å². The van der Waals surface area contributed by atoms with Crippen molar-refractivity contribution in [3.8, 4) is 0 Å². The van der Waals surface area contributed by atoms with Gasteiger partial charge in [-0.25, -0.2) is 0 Å². The molecule has 4 heteroatoms. The van der Waals surface area contributed by atoms with Crippen molar-refractivity contribution in [3.63, 3.8) is 0 Å². The van der Waals surface area contributed by atoms with Crippen LogP contribution >= 0.6 is 0 Å². The Kier molecular flexibility index (Phi) is 3.94. The zero-order chi connectivity index (χ0) is 12.3. The van der Waals surface area contributed by atoms with Crippen molar-refractivity contribution in [2.24, 2.45) is 0 Å². The van der Waals surface area contributed by atoms with E-state index in [2.05, 4.69) is 11.4 Å². The summed E-state index contributed by atoms with van der Waals surface area (Å²) < 4.78 is 0. The summed E-state index contributed by atoms with van der Waals surface area (Å²) >= 11 is 0. The maximum atomic E-state index is 11.8. The van der Waals surface area contributed by atoms with Crippen LogP contribution < -0.4 is 5.32 Å². The Bertz CT molecular complexity index is 349. The van der Waals surface area contributed by atoms with E-state index in [4.69, 9.17) is 0 Å². The minimum atomic E-state index is -0.288. The molecule has 0 radical (unpaired) electrons. The van der Waals surface area contributed by atoms with Gasteiger partial charge in [-0.1, -0.05) is 11.6 Å². The van der Waals surface area contributed by atoms with Crippen LogP contribution in [-0.4, -0.2) is 35.8 Å². The molecule has 1 atom stereocenters. The van der Waals surface area contributed by atoms with Crippen molar-refractivity contribution >= 4 is 11.8 Å². The van der Waals surface area contributed by atoms with Crippen LogP contribution in [0.25, 0.3) is 0 Å². The minimum absolute atomic E-state index is 0.0462. The van der Waals surface area contributed by atoms with Crippen LogP contribution in [0.15, 0.2) is 11.6 Å². The number of imide groups is 1. The van der Waals surface area contributed by atoms with Gasteiger partial charge >= 0.3 is 0 Å². The molecule has 2 rings (SSSR count). The third kappa shape index (κ3) is 2.75. The van der Waals surface area contributed by atoms with Crippen LogP contribution in [0.4, 0.5) is 0 Å². The van der Waals surface area contributed by atoms with E-state index in [0.717, 1.165) is 13.0 Å². The molecule has 1 fully saturated rings. The molecule has 0 aromatic heterocycles. The molecule has 2 aliphatic rings. The summed E-state index contributed by atoms with van der Waals surface area (Å²) in [5.41, 5.74) is 1.49. The predicted octanol–water partition coefficient (Wildman–Crippen LogP) is 1.22. The Labute approximate surface area is 102 Å². The van der Waals surface area contributed by atoms with Gasteiger partial charge in [-0.15, -0.1) is 0 Å². The molecular weight excluding hydrogens is 216 g/mol. The quantitative estimate of drug-likeness (QED) is 0.577. The van der Waals surface area contributed by atoms with Crippen molar-refractivity contribution in [1.82, 2.24) is 10.2 Å². The highest BCUT2D eigenvalue weighted by Crippen LogP contribution is 2.20. The van der Waals surface area contributed by atoms with Gasteiger partial charge in [0.2, 0.25) is 11.8 Å². The van der Waals surface area contributed by atoms with E-state index < -0.39 is 0 Å². The third-order valence-corrected chi connectivity index (χ3v) is 3.53. The average molecular weight is 236 g/mol. The van der Waals surface area contributed by atoms with Crippen LogP contribution in [0.5, 0.6) is 0 Å². The monoisotopic (exact) mass is 236 g/mol. The van der Waals surface area contributed by atoms with Gasteiger partial charge in [0, 0.05) is 6.54 Å². The van der Waals surface area contributed by atoms with Gasteiger partial charge < -0.3 is 5.32 Å². The summed E-state index contributed by atoms with van der Waals surface area (Å²) in [7, 11) is 0. The number of nitrogens with zero attached hydrogens (tertiary/aromatic N) is 1. The minimum Gasteiger partial charge on any atom is -0.305 e. The summed E-state index contributed by atoms with van der Waals surface area (Å²) in [5.74, 6) is -0.104. The van der Waals surface area contributed by atoms with Crippen LogP contribution in [0.2, 0.25) is 0 Å². The fourth-order valence-corrected chi connectivity index (χ4v) is 2.55. The van der Waals surface area contributed by atoms with Crippen molar-refractivity contribution < 1.29 is 9.59 Å². The van der Waals surface area contributed by atoms with Crippen molar-refractivity contribution in [3.05, 3.63) is 11.6 Å². The number of amides is 2. The van der Waals surface area contributed by atoms with Crippen molar-refractivity contribution in [2.75, 3.05) is 13.1 Å². The van der Waals surface area contributed by atoms with Gasteiger partial charge in [-0.05, 0) is 39.2 Å². The number of hydrogen-bond donors (Lipinski definition) is 1. The summed E-state index contributed by atoms with van der Waals surface area (Å²) in [6.45, 7) is 3.12. The number of nitrogens with one attached hydrogen (secondary N) is 1. The highest BCUT2D eigenvalue weighted by atomic mass is 16.2. The number of carbonyl (C=O) groups excluding carboxylic acids is 2. The Morgan fingerprint density at radius 2 is 2.29 bits per heavy atom. The molecular formula is C13H20N2O2. The van der Waals surface area contributed by atoms with E-state index in [9.17, 15) is 9.59 Å². The second-order valence-corrected chi connectivity index (χ2v) is 4.69. The largest absolute Gasteiger partial charge is 0.305 e. The smallest absolute Gasteiger partial charge is 0.246 e. The maximum Gasteiger partial charge on any atom is 0.246 e. The Balaban J connectivity index is 1.76. The van der Waals surface area contributed by atoms with Crippen LogP contribution in [0, 0.1) is 0 Å². The number of carbonyl (C=O) groups is 2. The number of hydrogen-bond acceptors (Lipinski definition) is 3. The lowest BCUT2D eigenvalue weighted by atomic mass is 10.1. The van der Waals surface area contributed by atoms with Gasteiger partial charge in [-0.3, -0.25) is 14.5 Å². The molecule has 17 heavy (non-hydrogen) atoms. The molecule has 1 N–H and O–H groups in total.